The SMILES string of the molecule is Cc1nnc(-c2ccc(-c3ccc(N4CC(COC(=O)C(C)[NH3+])OC4=O)cc3F)cn2)o1. The second kappa shape index (κ2) is 8.71. The molecule has 11 heteroatoms. The van der Waals surface area contributed by atoms with Crippen LogP contribution >= 0.6 is 0 Å². The van der Waals surface area contributed by atoms with E-state index < -0.39 is 30.0 Å². The van der Waals surface area contributed by atoms with E-state index in [1.807, 2.05) is 0 Å². The van der Waals surface area contributed by atoms with Crippen LogP contribution in [0, 0.1) is 12.7 Å². The summed E-state index contributed by atoms with van der Waals surface area (Å²) in [5.41, 5.74) is 5.25. The summed E-state index contributed by atoms with van der Waals surface area (Å²) >= 11 is 0. The molecule has 1 aliphatic rings. The van der Waals surface area contributed by atoms with Gasteiger partial charge in [-0.25, -0.2) is 14.0 Å². The molecule has 0 spiro atoms. The number of amides is 1. The summed E-state index contributed by atoms with van der Waals surface area (Å²) in [7, 11) is 0. The molecule has 1 saturated heterocycles. The number of hydrogen-bond donors (Lipinski definition) is 1. The fourth-order valence-electron chi connectivity index (χ4n) is 3.12. The Balaban J connectivity index is 1.46. The fraction of sp³-hybridized carbons (Fsp3) is 0.286. The summed E-state index contributed by atoms with van der Waals surface area (Å²) in [5.74, 6) is -0.310. The number of aromatic nitrogens is 3. The molecule has 0 aliphatic carbocycles. The van der Waals surface area contributed by atoms with E-state index in [1.54, 1.807) is 38.1 Å². The number of ether oxygens (including phenoxy) is 2. The van der Waals surface area contributed by atoms with Gasteiger partial charge in [0.05, 0.1) is 12.2 Å². The van der Waals surface area contributed by atoms with Crippen LogP contribution in [0.2, 0.25) is 0 Å². The highest BCUT2D eigenvalue weighted by Gasteiger charge is 2.34. The largest absolute Gasteiger partial charge is 0.457 e. The van der Waals surface area contributed by atoms with Gasteiger partial charge in [0.25, 0.3) is 5.89 Å². The fourth-order valence-corrected chi connectivity index (χ4v) is 3.12. The average molecular weight is 442 g/mol. The molecule has 3 aromatic rings. The second-order valence-corrected chi connectivity index (χ2v) is 7.37. The molecular formula is C21H21FN5O5+. The maximum Gasteiger partial charge on any atom is 0.414 e. The Bertz CT molecular complexity index is 1150. The van der Waals surface area contributed by atoms with Crippen molar-refractivity contribution >= 4 is 17.7 Å². The van der Waals surface area contributed by atoms with Crippen molar-refractivity contribution in [1.29, 1.82) is 0 Å². The normalized spacial score (nSPS) is 16.7. The van der Waals surface area contributed by atoms with Gasteiger partial charge in [0.2, 0.25) is 5.89 Å². The maximum absolute atomic E-state index is 14.9. The smallest absolute Gasteiger partial charge is 0.414 e. The molecule has 1 amide bonds. The lowest BCUT2D eigenvalue weighted by Crippen LogP contribution is -2.63. The molecule has 2 aromatic heterocycles. The van der Waals surface area contributed by atoms with E-state index in [0.29, 0.717) is 28.4 Å². The number of esters is 1. The third-order valence-electron chi connectivity index (χ3n) is 4.77. The molecule has 1 fully saturated rings. The van der Waals surface area contributed by atoms with Crippen LogP contribution in [0.1, 0.15) is 12.8 Å². The van der Waals surface area contributed by atoms with Crippen molar-refractivity contribution in [3.8, 4) is 22.7 Å². The Kier molecular flexibility index (Phi) is 5.82. The Labute approximate surface area is 182 Å². The number of rotatable bonds is 6. The van der Waals surface area contributed by atoms with Crippen LogP contribution in [-0.4, -0.2) is 52.5 Å². The third kappa shape index (κ3) is 4.42. The Morgan fingerprint density at radius 2 is 2.16 bits per heavy atom. The van der Waals surface area contributed by atoms with Crippen LogP contribution < -0.4 is 10.6 Å². The van der Waals surface area contributed by atoms with Crippen molar-refractivity contribution in [2.45, 2.75) is 26.0 Å². The molecule has 0 saturated carbocycles. The molecule has 1 aliphatic heterocycles. The summed E-state index contributed by atoms with van der Waals surface area (Å²) < 4.78 is 30.5. The van der Waals surface area contributed by atoms with Gasteiger partial charge in [0.15, 0.2) is 12.1 Å². The van der Waals surface area contributed by atoms with Gasteiger partial charge in [-0.05, 0) is 31.2 Å². The first-order valence-corrected chi connectivity index (χ1v) is 9.86. The molecule has 10 nitrogen and oxygen atoms in total. The number of aryl methyl sites for hydroxylation is 1. The van der Waals surface area contributed by atoms with Crippen molar-refractivity contribution in [1.82, 2.24) is 15.2 Å². The maximum atomic E-state index is 14.9. The number of anilines is 1. The highest BCUT2D eigenvalue weighted by atomic mass is 19.1. The zero-order chi connectivity index (χ0) is 22.8. The highest BCUT2D eigenvalue weighted by Crippen LogP contribution is 2.29. The predicted molar refractivity (Wildman–Crippen MR) is 109 cm³/mol. The summed E-state index contributed by atoms with van der Waals surface area (Å²) in [6.45, 7) is 3.33. The summed E-state index contributed by atoms with van der Waals surface area (Å²) in [5, 5.41) is 7.66. The number of cyclic esters (lactones) is 1. The molecule has 0 radical (unpaired) electrons. The third-order valence-corrected chi connectivity index (χ3v) is 4.77. The molecule has 32 heavy (non-hydrogen) atoms. The topological polar surface area (TPSA) is 135 Å². The molecule has 2 unspecified atom stereocenters. The molecular weight excluding hydrogens is 421 g/mol. The number of pyridine rings is 1. The lowest BCUT2D eigenvalue weighted by molar-refractivity contribution is -0.403. The van der Waals surface area contributed by atoms with E-state index in [4.69, 9.17) is 13.9 Å². The number of quaternary nitrogens is 1. The molecule has 1 aromatic carbocycles. The first kappa shape index (κ1) is 21.4. The second-order valence-electron chi connectivity index (χ2n) is 7.37. The van der Waals surface area contributed by atoms with Gasteiger partial charge in [0, 0.05) is 24.2 Å². The number of carbonyl (C=O) groups excluding carboxylic acids is 2. The van der Waals surface area contributed by atoms with Gasteiger partial charge >= 0.3 is 12.1 Å². The van der Waals surface area contributed by atoms with Crippen molar-refractivity contribution in [2.75, 3.05) is 18.1 Å². The van der Waals surface area contributed by atoms with Gasteiger partial charge < -0.3 is 19.6 Å². The number of carbonyl (C=O) groups is 2. The van der Waals surface area contributed by atoms with Crippen molar-refractivity contribution in [3.05, 3.63) is 48.2 Å². The molecule has 3 heterocycles. The van der Waals surface area contributed by atoms with Crippen LogP contribution in [0.25, 0.3) is 22.7 Å². The van der Waals surface area contributed by atoms with Crippen LogP contribution in [0.15, 0.2) is 40.9 Å². The lowest BCUT2D eigenvalue weighted by Gasteiger charge is -2.14. The summed E-state index contributed by atoms with van der Waals surface area (Å²) in [6, 6.07) is 7.25. The van der Waals surface area contributed by atoms with Crippen LogP contribution in [0.5, 0.6) is 0 Å². The van der Waals surface area contributed by atoms with Crippen molar-refractivity contribution in [2.24, 2.45) is 0 Å². The van der Waals surface area contributed by atoms with Crippen LogP contribution in [0.4, 0.5) is 14.9 Å². The Morgan fingerprint density at radius 1 is 1.34 bits per heavy atom. The average Bonchev–Trinajstić information content (AvgIpc) is 3.37. The van der Waals surface area contributed by atoms with E-state index in [2.05, 4.69) is 20.9 Å². The minimum absolute atomic E-state index is 0.0842. The Morgan fingerprint density at radius 3 is 2.78 bits per heavy atom. The molecule has 4 rings (SSSR count). The van der Waals surface area contributed by atoms with Crippen molar-refractivity contribution < 1.29 is 33.6 Å². The summed E-state index contributed by atoms with van der Waals surface area (Å²) in [4.78, 5) is 29.3. The van der Waals surface area contributed by atoms with Crippen molar-refractivity contribution in [3.63, 3.8) is 0 Å². The molecule has 0 bridgehead atoms. The zero-order valence-corrected chi connectivity index (χ0v) is 17.4. The van der Waals surface area contributed by atoms with Gasteiger partial charge in [-0.2, -0.15) is 0 Å². The lowest BCUT2D eigenvalue weighted by atomic mass is 10.1. The number of hydrogen-bond acceptors (Lipinski definition) is 8. The quantitative estimate of drug-likeness (QED) is 0.571. The molecule has 166 valence electrons. The zero-order valence-electron chi connectivity index (χ0n) is 17.4. The van der Waals surface area contributed by atoms with E-state index in [-0.39, 0.29) is 19.0 Å². The standard InChI is InChI=1S/C21H20FN5O5/c1-11(23)20(28)30-10-15-9-27(21(29)32-15)14-4-5-16(17(22)7-14)13-3-6-18(24-8-13)19-26-25-12(2)31-19/h3-8,11,15H,9-10,23H2,1-2H3/p+1. The van der Waals surface area contributed by atoms with E-state index in [9.17, 15) is 14.0 Å². The van der Waals surface area contributed by atoms with Gasteiger partial charge in [-0.1, -0.05) is 6.07 Å². The summed E-state index contributed by atoms with van der Waals surface area (Å²) in [6.07, 6.45) is 0.227. The number of halogens is 1. The minimum atomic E-state index is -0.641. The molecule has 3 N–H and O–H groups in total. The van der Waals surface area contributed by atoms with E-state index >= 15 is 0 Å². The highest BCUT2D eigenvalue weighted by molar-refractivity contribution is 5.90. The van der Waals surface area contributed by atoms with Gasteiger partial charge in [0.1, 0.15) is 18.1 Å². The predicted octanol–water partition coefficient (Wildman–Crippen LogP) is 1.74. The first-order chi connectivity index (χ1) is 15.3. The number of nitrogens with zero attached hydrogens (tertiary/aromatic N) is 4. The Hall–Kier alpha value is -3.86. The first-order valence-electron chi connectivity index (χ1n) is 9.86. The van der Waals surface area contributed by atoms with Gasteiger partial charge in [-0.3, -0.25) is 9.88 Å². The van der Waals surface area contributed by atoms with Crippen LogP contribution in [-0.2, 0) is 14.3 Å². The number of benzene rings is 1. The van der Waals surface area contributed by atoms with E-state index in [1.165, 1.54) is 17.2 Å². The van der Waals surface area contributed by atoms with Gasteiger partial charge in [-0.15, -0.1) is 10.2 Å². The monoisotopic (exact) mass is 442 g/mol. The van der Waals surface area contributed by atoms with Crippen LogP contribution in [0.3, 0.4) is 0 Å². The molecule has 2 atom stereocenters. The van der Waals surface area contributed by atoms with E-state index in [0.717, 1.165) is 0 Å². The minimum Gasteiger partial charge on any atom is -0.457 e.